The van der Waals surface area contributed by atoms with Crippen LogP contribution in [-0.2, 0) is 5.54 Å². The average Bonchev–Trinajstić information content (AvgIpc) is 2.73. The molecule has 0 saturated carbocycles. The SMILES string of the molecule is CC(C)(N)c1nc(-c2ccsc2)cs1. The summed E-state index contributed by atoms with van der Waals surface area (Å²) in [7, 11) is 0. The molecule has 0 aromatic carbocycles. The van der Waals surface area contributed by atoms with E-state index in [1.807, 2.05) is 13.8 Å². The van der Waals surface area contributed by atoms with Gasteiger partial charge in [-0.05, 0) is 25.3 Å². The summed E-state index contributed by atoms with van der Waals surface area (Å²) in [6, 6.07) is 2.08. The van der Waals surface area contributed by atoms with E-state index in [1.54, 1.807) is 22.7 Å². The molecule has 0 unspecified atom stereocenters. The van der Waals surface area contributed by atoms with Crippen molar-refractivity contribution in [1.82, 2.24) is 4.98 Å². The van der Waals surface area contributed by atoms with Crippen LogP contribution >= 0.6 is 22.7 Å². The standard InChI is InChI=1S/C10H12N2S2/c1-10(2,11)9-12-8(6-14-9)7-3-4-13-5-7/h3-6H,11H2,1-2H3. The van der Waals surface area contributed by atoms with Crippen molar-refractivity contribution < 1.29 is 0 Å². The first kappa shape index (κ1) is 9.83. The highest BCUT2D eigenvalue weighted by atomic mass is 32.1. The summed E-state index contributed by atoms with van der Waals surface area (Å²) in [5, 5.41) is 7.20. The van der Waals surface area contributed by atoms with Crippen LogP contribution in [-0.4, -0.2) is 4.98 Å². The minimum atomic E-state index is -0.334. The lowest BCUT2D eigenvalue weighted by atomic mass is 10.1. The summed E-state index contributed by atoms with van der Waals surface area (Å²) in [6.45, 7) is 3.95. The van der Waals surface area contributed by atoms with Gasteiger partial charge in [0, 0.05) is 16.3 Å². The summed E-state index contributed by atoms with van der Waals surface area (Å²) in [5.41, 5.74) is 7.85. The fraction of sp³-hybridized carbons (Fsp3) is 0.300. The Morgan fingerprint density at radius 2 is 2.14 bits per heavy atom. The molecule has 0 fully saturated rings. The zero-order chi connectivity index (χ0) is 10.2. The summed E-state index contributed by atoms with van der Waals surface area (Å²) >= 11 is 3.31. The van der Waals surface area contributed by atoms with Gasteiger partial charge in [0.2, 0.25) is 0 Å². The molecule has 2 rings (SSSR count). The van der Waals surface area contributed by atoms with Gasteiger partial charge in [-0.1, -0.05) is 0 Å². The van der Waals surface area contributed by atoms with Crippen molar-refractivity contribution in [2.24, 2.45) is 5.73 Å². The molecular formula is C10H12N2S2. The average molecular weight is 224 g/mol. The molecular weight excluding hydrogens is 212 g/mol. The number of aromatic nitrogens is 1. The first-order valence-corrected chi connectivity index (χ1v) is 6.17. The number of hydrogen-bond acceptors (Lipinski definition) is 4. The van der Waals surface area contributed by atoms with Crippen LogP contribution in [0.15, 0.2) is 22.2 Å². The highest BCUT2D eigenvalue weighted by molar-refractivity contribution is 7.10. The zero-order valence-corrected chi connectivity index (χ0v) is 9.78. The van der Waals surface area contributed by atoms with Crippen LogP contribution in [0.3, 0.4) is 0 Å². The number of thiophene rings is 1. The fourth-order valence-corrected chi connectivity index (χ4v) is 2.63. The monoisotopic (exact) mass is 224 g/mol. The molecule has 0 amide bonds. The molecule has 74 valence electrons. The van der Waals surface area contributed by atoms with Crippen LogP contribution in [0.25, 0.3) is 11.3 Å². The maximum atomic E-state index is 5.97. The highest BCUT2D eigenvalue weighted by Crippen LogP contribution is 2.28. The summed E-state index contributed by atoms with van der Waals surface area (Å²) in [4.78, 5) is 4.52. The second-order valence-corrected chi connectivity index (χ2v) is 5.41. The van der Waals surface area contributed by atoms with Crippen molar-refractivity contribution in [2.75, 3.05) is 0 Å². The van der Waals surface area contributed by atoms with Crippen LogP contribution < -0.4 is 5.73 Å². The second-order valence-electron chi connectivity index (χ2n) is 3.77. The Hall–Kier alpha value is -0.710. The van der Waals surface area contributed by atoms with E-state index in [0.29, 0.717) is 0 Å². The van der Waals surface area contributed by atoms with Gasteiger partial charge < -0.3 is 5.73 Å². The maximum absolute atomic E-state index is 5.97. The molecule has 0 atom stereocenters. The molecule has 4 heteroatoms. The third-order valence-corrected chi connectivity index (χ3v) is 3.74. The Morgan fingerprint density at radius 3 is 2.64 bits per heavy atom. The van der Waals surface area contributed by atoms with Crippen molar-refractivity contribution in [2.45, 2.75) is 19.4 Å². The van der Waals surface area contributed by atoms with Crippen molar-refractivity contribution >= 4 is 22.7 Å². The Balaban J connectivity index is 2.36. The third-order valence-electron chi connectivity index (χ3n) is 1.87. The normalized spacial score (nSPS) is 11.9. The molecule has 14 heavy (non-hydrogen) atoms. The van der Waals surface area contributed by atoms with Gasteiger partial charge in [0.1, 0.15) is 5.01 Å². The lowest BCUT2D eigenvalue weighted by molar-refractivity contribution is 0.551. The molecule has 2 N–H and O–H groups in total. The van der Waals surface area contributed by atoms with E-state index >= 15 is 0 Å². The maximum Gasteiger partial charge on any atom is 0.113 e. The van der Waals surface area contributed by atoms with Crippen molar-refractivity contribution in [1.29, 1.82) is 0 Å². The van der Waals surface area contributed by atoms with Crippen LogP contribution in [0.1, 0.15) is 18.9 Å². The predicted molar refractivity (Wildman–Crippen MR) is 62.6 cm³/mol. The van der Waals surface area contributed by atoms with E-state index in [0.717, 1.165) is 10.7 Å². The molecule has 2 heterocycles. The first-order chi connectivity index (χ1) is 6.57. The molecule has 0 aliphatic carbocycles. The van der Waals surface area contributed by atoms with Gasteiger partial charge in [-0.15, -0.1) is 11.3 Å². The lowest BCUT2D eigenvalue weighted by Crippen LogP contribution is -2.28. The van der Waals surface area contributed by atoms with Gasteiger partial charge in [-0.2, -0.15) is 11.3 Å². The number of rotatable bonds is 2. The first-order valence-electron chi connectivity index (χ1n) is 4.35. The van der Waals surface area contributed by atoms with Gasteiger partial charge >= 0.3 is 0 Å². The van der Waals surface area contributed by atoms with Crippen LogP contribution in [0.5, 0.6) is 0 Å². The van der Waals surface area contributed by atoms with E-state index < -0.39 is 0 Å². The van der Waals surface area contributed by atoms with Gasteiger partial charge in [0.15, 0.2) is 0 Å². The minimum absolute atomic E-state index is 0.334. The molecule has 2 aromatic heterocycles. The Labute approximate surface area is 91.4 Å². The van der Waals surface area contributed by atoms with Gasteiger partial charge in [-0.3, -0.25) is 0 Å². The number of nitrogens with zero attached hydrogens (tertiary/aromatic N) is 1. The van der Waals surface area contributed by atoms with E-state index in [9.17, 15) is 0 Å². The molecule has 0 spiro atoms. The highest BCUT2D eigenvalue weighted by Gasteiger charge is 2.18. The van der Waals surface area contributed by atoms with Crippen LogP contribution in [0.4, 0.5) is 0 Å². The Kier molecular flexibility index (Phi) is 2.43. The Bertz CT molecular complexity index is 410. The van der Waals surface area contributed by atoms with Crippen molar-refractivity contribution in [3.05, 3.63) is 27.2 Å². The number of thiazole rings is 1. The topological polar surface area (TPSA) is 38.9 Å². The molecule has 0 aliphatic rings. The predicted octanol–water partition coefficient (Wildman–Crippen LogP) is 3.07. The van der Waals surface area contributed by atoms with E-state index in [4.69, 9.17) is 5.73 Å². The molecule has 0 aliphatic heterocycles. The number of nitrogens with two attached hydrogens (primary N) is 1. The molecule has 0 saturated heterocycles. The summed E-state index contributed by atoms with van der Waals surface area (Å²) in [6.07, 6.45) is 0. The molecule has 0 radical (unpaired) electrons. The number of hydrogen-bond donors (Lipinski definition) is 1. The second kappa shape index (κ2) is 3.46. The lowest BCUT2D eigenvalue weighted by Gasteiger charge is -2.13. The van der Waals surface area contributed by atoms with Crippen LogP contribution in [0.2, 0.25) is 0 Å². The Morgan fingerprint density at radius 1 is 1.36 bits per heavy atom. The van der Waals surface area contributed by atoms with Gasteiger partial charge in [0.25, 0.3) is 0 Å². The van der Waals surface area contributed by atoms with Crippen molar-refractivity contribution in [3.63, 3.8) is 0 Å². The van der Waals surface area contributed by atoms with Crippen molar-refractivity contribution in [3.8, 4) is 11.3 Å². The molecule has 0 bridgehead atoms. The van der Waals surface area contributed by atoms with E-state index in [-0.39, 0.29) is 5.54 Å². The summed E-state index contributed by atoms with van der Waals surface area (Å²) in [5.74, 6) is 0. The van der Waals surface area contributed by atoms with E-state index in [2.05, 4.69) is 27.2 Å². The quantitative estimate of drug-likeness (QED) is 0.851. The molecule has 2 nitrogen and oxygen atoms in total. The molecule has 2 aromatic rings. The van der Waals surface area contributed by atoms with Gasteiger partial charge in [-0.25, -0.2) is 4.98 Å². The smallest absolute Gasteiger partial charge is 0.113 e. The third kappa shape index (κ3) is 1.87. The van der Waals surface area contributed by atoms with Gasteiger partial charge in [0.05, 0.1) is 11.2 Å². The zero-order valence-electron chi connectivity index (χ0n) is 8.15. The summed E-state index contributed by atoms with van der Waals surface area (Å²) < 4.78 is 0. The fourth-order valence-electron chi connectivity index (χ4n) is 1.11. The van der Waals surface area contributed by atoms with Crippen LogP contribution in [0, 0.1) is 0 Å². The minimum Gasteiger partial charge on any atom is -0.320 e. The largest absolute Gasteiger partial charge is 0.320 e. The van der Waals surface area contributed by atoms with E-state index in [1.165, 1.54) is 5.56 Å².